The van der Waals surface area contributed by atoms with Gasteiger partial charge in [-0.25, -0.2) is 4.79 Å². The highest BCUT2D eigenvalue weighted by atomic mass is 32.1. The third kappa shape index (κ3) is 6.07. The van der Waals surface area contributed by atoms with Gasteiger partial charge < -0.3 is 15.7 Å². The molecule has 108 valence electrons. The van der Waals surface area contributed by atoms with E-state index in [0.717, 1.165) is 6.42 Å². The largest absolute Gasteiger partial charge is 0.396 e. The van der Waals surface area contributed by atoms with E-state index in [1.54, 1.807) is 11.3 Å². The lowest BCUT2D eigenvalue weighted by molar-refractivity contribution is 0.201. The van der Waals surface area contributed by atoms with E-state index >= 15 is 0 Å². The summed E-state index contributed by atoms with van der Waals surface area (Å²) in [6.07, 6.45) is 1.71. The number of aryl methyl sites for hydroxylation is 1. The summed E-state index contributed by atoms with van der Waals surface area (Å²) in [5.74, 6) is 0. The molecule has 0 atom stereocenters. The average molecular weight is 284 g/mol. The molecule has 0 aliphatic heterocycles. The predicted octanol–water partition coefficient (Wildman–Crippen LogP) is 2.52. The Morgan fingerprint density at radius 3 is 2.58 bits per heavy atom. The fourth-order valence-corrected chi connectivity index (χ4v) is 2.55. The van der Waals surface area contributed by atoms with E-state index in [-0.39, 0.29) is 18.1 Å². The number of thiophene rings is 1. The van der Waals surface area contributed by atoms with Crippen LogP contribution in [0.2, 0.25) is 0 Å². The summed E-state index contributed by atoms with van der Waals surface area (Å²) in [4.78, 5) is 14.2. The molecule has 19 heavy (non-hydrogen) atoms. The van der Waals surface area contributed by atoms with Crippen LogP contribution in [0, 0.1) is 5.41 Å². The molecule has 1 aromatic heterocycles. The second-order valence-electron chi connectivity index (χ2n) is 5.40. The maximum absolute atomic E-state index is 11.7. The van der Waals surface area contributed by atoms with Gasteiger partial charge in [0.05, 0.1) is 6.54 Å². The van der Waals surface area contributed by atoms with E-state index in [2.05, 4.69) is 29.7 Å². The summed E-state index contributed by atoms with van der Waals surface area (Å²) in [6.45, 7) is 7.44. The standard InChI is InChI=1S/C14H24N2O2S/c1-4-11-5-6-12(19-11)9-15-13(18)16-10-14(2,3)7-8-17/h5-6,17H,4,7-10H2,1-3H3,(H2,15,16,18). The maximum atomic E-state index is 11.7. The molecule has 1 rings (SSSR count). The molecular weight excluding hydrogens is 260 g/mol. The number of amides is 2. The number of hydrogen-bond acceptors (Lipinski definition) is 3. The molecule has 0 aromatic carbocycles. The van der Waals surface area contributed by atoms with Gasteiger partial charge in [0.15, 0.2) is 0 Å². The van der Waals surface area contributed by atoms with Crippen LogP contribution in [0.5, 0.6) is 0 Å². The number of rotatable bonds is 7. The Morgan fingerprint density at radius 1 is 1.32 bits per heavy atom. The number of aliphatic hydroxyl groups excluding tert-OH is 1. The molecule has 0 radical (unpaired) electrons. The molecule has 0 saturated heterocycles. The molecule has 0 bridgehead atoms. The zero-order chi connectivity index (χ0) is 14.3. The Balaban J connectivity index is 2.28. The minimum Gasteiger partial charge on any atom is -0.396 e. The smallest absolute Gasteiger partial charge is 0.315 e. The number of hydrogen-bond donors (Lipinski definition) is 3. The highest BCUT2D eigenvalue weighted by molar-refractivity contribution is 7.11. The van der Waals surface area contributed by atoms with Crippen LogP contribution in [0.25, 0.3) is 0 Å². The minimum atomic E-state index is -0.155. The summed E-state index contributed by atoms with van der Waals surface area (Å²) in [6, 6.07) is 4.00. The van der Waals surface area contributed by atoms with Crippen LogP contribution < -0.4 is 10.6 Å². The van der Waals surface area contributed by atoms with Crippen molar-refractivity contribution in [3.8, 4) is 0 Å². The molecule has 2 amide bonds. The summed E-state index contributed by atoms with van der Waals surface area (Å²) in [5.41, 5.74) is -0.0790. The van der Waals surface area contributed by atoms with Crippen LogP contribution in [0.1, 0.15) is 36.9 Å². The summed E-state index contributed by atoms with van der Waals surface area (Å²) >= 11 is 1.73. The molecule has 5 heteroatoms. The Labute approximate surface area is 119 Å². The van der Waals surface area contributed by atoms with Gasteiger partial charge in [-0.2, -0.15) is 0 Å². The third-order valence-corrected chi connectivity index (χ3v) is 4.23. The zero-order valence-corrected chi connectivity index (χ0v) is 12.8. The Hall–Kier alpha value is -1.07. The van der Waals surface area contributed by atoms with Crippen molar-refractivity contribution in [3.05, 3.63) is 21.9 Å². The van der Waals surface area contributed by atoms with Gasteiger partial charge >= 0.3 is 6.03 Å². The summed E-state index contributed by atoms with van der Waals surface area (Å²) in [7, 11) is 0. The summed E-state index contributed by atoms with van der Waals surface area (Å²) in [5, 5.41) is 14.6. The maximum Gasteiger partial charge on any atom is 0.315 e. The second-order valence-corrected chi connectivity index (χ2v) is 6.65. The van der Waals surface area contributed by atoms with Crippen molar-refractivity contribution in [1.82, 2.24) is 10.6 Å². The van der Waals surface area contributed by atoms with Crippen molar-refractivity contribution < 1.29 is 9.90 Å². The third-order valence-electron chi connectivity index (χ3n) is 3.01. The van der Waals surface area contributed by atoms with Gasteiger partial charge in [-0.15, -0.1) is 11.3 Å². The molecular formula is C14H24N2O2S. The van der Waals surface area contributed by atoms with Crippen molar-refractivity contribution in [2.75, 3.05) is 13.2 Å². The molecule has 0 saturated carbocycles. The van der Waals surface area contributed by atoms with E-state index in [1.165, 1.54) is 9.75 Å². The molecule has 0 unspecified atom stereocenters. The lowest BCUT2D eigenvalue weighted by Crippen LogP contribution is -2.40. The van der Waals surface area contributed by atoms with Crippen LogP contribution in [0.15, 0.2) is 12.1 Å². The van der Waals surface area contributed by atoms with Crippen LogP contribution in [-0.4, -0.2) is 24.3 Å². The number of urea groups is 1. The van der Waals surface area contributed by atoms with E-state index in [9.17, 15) is 4.79 Å². The molecule has 1 aromatic rings. The summed E-state index contributed by atoms with van der Waals surface area (Å²) < 4.78 is 0. The van der Waals surface area contributed by atoms with Crippen LogP contribution in [0.3, 0.4) is 0 Å². The van der Waals surface area contributed by atoms with Crippen LogP contribution >= 0.6 is 11.3 Å². The first-order chi connectivity index (χ1) is 8.96. The topological polar surface area (TPSA) is 61.4 Å². The average Bonchev–Trinajstić information content (AvgIpc) is 2.82. The van der Waals surface area contributed by atoms with E-state index in [0.29, 0.717) is 19.5 Å². The Bertz CT molecular complexity index is 402. The van der Waals surface area contributed by atoms with Crippen molar-refractivity contribution in [1.29, 1.82) is 0 Å². The SMILES string of the molecule is CCc1ccc(CNC(=O)NCC(C)(C)CCO)s1. The van der Waals surface area contributed by atoms with E-state index in [4.69, 9.17) is 5.11 Å². The van der Waals surface area contributed by atoms with E-state index in [1.807, 2.05) is 13.8 Å². The first-order valence-corrected chi connectivity index (χ1v) is 7.48. The van der Waals surface area contributed by atoms with Gasteiger partial charge in [0.1, 0.15) is 0 Å². The molecule has 4 nitrogen and oxygen atoms in total. The first kappa shape index (κ1) is 16.0. The van der Waals surface area contributed by atoms with Gasteiger partial charge in [0.25, 0.3) is 0 Å². The fraction of sp³-hybridized carbons (Fsp3) is 0.643. The fourth-order valence-electron chi connectivity index (χ4n) is 1.65. The van der Waals surface area contributed by atoms with Gasteiger partial charge in [-0.1, -0.05) is 20.8 Å². The number of nitrogens with one attached hydrogen (secondary N) is 2. The van der Waals surface area contributed by atoms with Gasteiger partial charge in [-0.05, 0) is 30.4 Å². The minimum absolute atomic E-state index is 0.0790. The molecule has 1 heterocycles. The molecule has 0 aliphatic rings. The zero-order valence-electron chi connectivity index (χ0n) is 12.0. The van der Waals surface area contributed by atoms with E-state index < -0.39 is 0 Å². The molecule has 0 aliphatic carbocycles. The normalized spacial score (nSPS) is 11.4. The van der Waals surface area contributed by atoms with Gasteiger partial charge in [0.2, 0.25) is 0 Å². The van der Waals surface area contributed by atoms with Gasteiger partial charge in [0, 0.05) is 22.9 Å². The Morgan fingerprint density at radius 2 is 2.00 bits per heavy atom. The van der Waals surface area contributed by atoms with Crippen LogP contribution in [-0.2, 0) is 13.0 Å². The highest BCUT2D eigenvalue weighted by Gasteiger charge is 2.17. The quantitative estimate of drug-likeness (QED) is 0.720. The second kappa shape index (κ2) is 7.50. The molecule has 0 fully saturated rings. The number of carbonyl (C=O) groups is 1. The Kier molecular flexibility index (Phi) is 6.31. The first-order valence-electron chi connectivity index (χ1n) is 6.67. The van der Waals surface area contributed by atoms with Crippen molar-refractivity contribution in [2.45, 2.75) is 40.2 Å². The molecule has 0 spiro atoms. The van der Waals surface area contributed by atoms with Gasteiger partial charge in [-0.3, -0.25) is 0 Å². The predicted molar refractivity (Wildman–Crippen MR) is 79.4 cm³/mol. The van der Waals surface area contributed by atoms with Crippen molar-refractivity contribution in [2.24, 2.45) is 5.41 Å². The van der Waals surface area contributed by atoms with Crippen LogP contribution in [0.4, 0.5) is 4.79 Å². The number of aliphatic hydroxyl groups is 1. The highest BCUT2D eigenvalue weighted by Crippen LogP contribution is 2.18. The lowest BCUT2D eigenvalue weighted by atomic mass is 9.90. The van der Waals surface area contributed by atoms with Crippen molar-refractivity contribution >= 4 is 17.4 Å². The molecule has 3 N–H and O–H groups in total. The lowest BCUT2D eigenvalue weighted by Gasteiger charge is -2.23. The monoisotopic (exact) mass is 284 g/mol. The number of carbonyl (C=O) groups excluding carboxylic acids is 1. The van der Waals surface area contributed by atoms with Crippen molar-refractivity contribution in [3.63, 3.8) is 0 Å².